The van der Waals surface area contributed by atoms with Crippen molar-refractivity contribution < 1.29 is 0 Å². The van der Waals surface area contributed by atoms with Crippen LogP contribution in [0.3, 0.4) is 0 Å². The van der Waals surface area contributed by atoms with E-state index in [1.165, 1.54) is 25.7 Å². The number of hydrogen-bond donors (Lipinski definition) is 2. The first-order chi connectivity index (χ1) is 7.59. The number of halogens is 1. The third kappa shape index (κ3) is 2.64. The Labute approximate surface area is 104 Å². The second-order valence-electron chi connectivity index (χ2n) is 4.80. The van der Waals surface area contributed by atoms with E-state index < -0.39 is 0 Å². The Bertz CT molecular complexity index is 374. The van der Waals surface area contributed by atoms with Gasteiger partial charge in [-0.3, -0.25) is 0 Å². The number of nitrogen functional groups attached to an aromatic ring is 1. The van der Waals surface area contributed by atoms with Crippen LogP contribution in [0.15, 0.2) is 10.7 Å². The smallest absolute Gasteiger partial charge is 0.221 e. The highest BCUT2D eigenvalue weighted by Crippen LogP contribution is 2.37. The number of nitrogens with zero attached hydrogens (tertiary/aromatic N) is 2. The zero-order valence-corrected chi connectivity index (χ0v) is 11.0. The van der Waals surface area contributed by atoms with Gasteiger partial charge in [-0.25, -0.2) is 4.98 Å². The molecular formula is C11H17BrN4. The molecule has 0 spiro atoms. The van der Waals surface area contributed by atoms with Crippen molar-refractivity contribution in [1.82, 2.24) is 9.97 Å². The molecule has 1 saturated carbocycles. The highest BCUT2D eigenvalue weighted by molar-refractivity contribution is 9.10. The molecule has 1 heterocycles. The average molecular weight is 285 g/mol. The van der Waals surface area contributed by atoms with Crippen LogP contribution in [0.2, 0.25) is 0 Å². The van der Waals surface area contributed by atoms with Gasteiger partial charge in [0, 0.05) is 12.7 Å². The molecule has 1 aliphatic rings. The molecule has 5 heteroatoms. The van der Waals surface area contributed by atoms with Gasteiger partial charge >= 0.3 is 0 Å². The van der Waals surface area contributed by atoms with E-state index in [9.17, 15) is 0 Å². The van der Waals surface area contributed by atoms with E-state index in [2.05, 4.69) is 38.1 Å². The van der Waals surface area contributed by atoms with Gasteiger partial charge in [-0.15, -0.1) is 0 Å². The number of aromatic nitrogens is 2. The third-order valence-electron chi connectivity index (χ3n) is 3.26. The standard InChI is InChI=1S/C11H17BrN4/c1-11(4-2-3-5-11)7-15-9-8(12)6-14-10(13)16-9/h6H,2-5,7H2,1H3,(H3,13,14,15,16). The topological polar surface area (TPSA) is 63.8 Å². The molecule has 0 atom stereocenters. The number of nitrogens with one attached hydrogen (secondary N) is 1. The summed E-state index contributed by atoms with van der Waals surface area (Å²) in [5.74, 6) is 1.10. The van der Waals surface area contributed by atoms with Gasteiger partial charge in [-0.2, -0.15) is 4.98 Å². The molecule has 0 saturated heterocycles. The first-order valence-corrected chi connectivity index (χ1v) is 6.40. The van der Waals surface area contributed by atoms with Crippen LogP contribution in [0.4, 0.5) is 11.8 Å². The Hall–Kier alpha value is -0.840. The fourth-order valence-electron chi connectivity index (χ4n) is 2.21. The van der Waals surface area contributed by atoms with Crippen LogP contribution >= 0.6 is 15.9 Å². The molecule has 1 aromatic heterocycles. The van der Waals surface area contributed by atoms with Crippen LogP contribution in [0.1, 0.15) is 32.6 Å². The predicted octanol–water partition coefficient (Wildman–Crippen LogP) is 2.81. The van der Waals surface area contributed by atoms with Crippen LogP contribution in [-0.2, 0) is 0 Å². The number of nitrogens with two attached hydrogens (primary N) is 1. The predicted molar refractivity (Wildman–Crippen MR) is 69.2 cm³/mol. The average Bonchev–Trinajstić information content (AvgIpc) is 2.67. The van der Waals surface area contributed by atoms with Crippen LogP contribution in [0, 0.1) is 5.41 Å². The van der Waals surface area contributed by atoms with Crippen LogP contribution in [0.25, 0.3) is 0 Å². The Balaban J connectivity index is 2.01. The van der Waals surface area contributed by atoms with Crippen molar-refractivity contribution >= 4 is 27.7 Å². The molecule has 1 fully saturated rings. The Kier molecular flexibility index (Phi) is 3.33. The first-order valence-electron chi connectivity index (χ1n) is 5.61. The summed E-state index contributed by atoms with van der Waals surface area (Å²) in [4.78, 5) is 8.09. The van der Waals surface area contributed by atoms with Gasteiger partial charge in [-0.1, -0.05) is 19.8 Å². The maximum Gasteiger partial charge on any atom is 0.221 e. The minimum Gasteiger partial charge on any atom is -0.368 e. The SMILES string of the molecule is CC1(CNc2nc(N)ncc2Br)CCCC1. The van der Waals surface area contributed by atoms with E-state index >= 15 is 0 Å². The molecule has 0 bridgehead atoms. The summed E-state index contributed by atoms with van der Waals surface area (Å²) in [5.41, 5.74) is 5.96. The van der Waals surface area contributed by atoms with Crippen molar-refractivity contribution in [1.29, 1.82) is 0 Å². The van der Waals surface area contributed by atoms with Crippen molar-refractivity contribution in [2.24, 2.45) is 5.41 Å². The minimum atomic E-state index is 0.308. The Morgan fingerprint density at radius 1 is 1.50 bits per heavy atom. The normalized spacial score (nSPS) is 18.6. The number of anilines is 2. The van der Waals surface area contributed by atoms with Crippen molar-refractivity contribution in [2.45, 2.75) is 32.6 Å². The molecule has 0 aromatic carbocycles. The van der Waals surface area contributed by atoms with Crippen LogP contribution in [-0.4, -0.2) is 16.5 Å². The van der Waals surface area contributed by atoms with Gasteiger partial charge < -0.3 is 11.1 Å². The lowest BCUT2D eigenvalue weighted by Gasteiger charge is -2.24. The summed E-state index contributed by atoms with van der Waals surface area (Å²) in [6.07, 6.45) is 6.94. The van der Waals surface area contributed by atoms with Crippen molar-refractivity contribution in [3.05, 3.63) is 10.7 Å². The summed E-state index contributed by atoms with van der Waals surface area (Å²) in [6.45, 7) is 3.27. The molecule has 1 aliphatic carbocycles. The second kappa shape index (κ2) is 4.57. The van der Waals surface area contributed by atoms with E-state index in [0.717, 1.165) is 16.8 Å². The fraction of sp³-hybridized carbons (Fsp3) is 0.636. The fourth-order valence-corrected chi connectivity index (χ4v) is 2.54. The zero-order valence-electron chi connectivity index (χ0n) is 9.46. The minimum absolute atomic E-state index is 0.308. The Morgan fingerprint density at radius 3 is 2.88 bits per heavy atom. The highest BCUT2D eigenvalue weighted by atomic mass is 79.9. The maximum absolute atomic E-state index is 5.56. The lowest BCUT2D eigenvalue weighted by atomic mass is 9.89. The van der Waals surface area contributed by atoms with Crippen molar-refractivity contribution in [2.75, 3.05) is 17.6 Å². The largest absolute Gasteiger partial charge is 0.368 e. The summed E-state index contributed by atoms with van der Waals surface area (Å²) >= 11 is 3.41. The lowest BCUT2D eigenvalue weighted by molar-refractivity contribution is 0.361. The quantitative estimate of drug-likeness (QED) is 0.896. The van der Waals surface area contributed by atoms with Gasteiger partial charge in [0.1, 0.15) is 5.82 Å². The summed E-state index contributed by atoms with van der Waals surface area (Å²) < 4.78 is 0.864. The maximum atomic E-state index is 5.56. The van der Waals surface area contributed by atoms with E-state index in [-0.39, 0.29) is 0 Å². The van der Waals surface area contributed by atoms with Gasteiger partial charge in [0.15, 0.2) is 0 Å². The molecule has 4 nitrogen and oxygen atoms in total. The van der Waals surface area contributed by atoms with E-state index in [4.69, 9.17) is 5.73 Å². The van der Waals surface area contributed by atoms with Crippen molar-refractivity contribution in [3.8, 4) is 0 Å². The van der Waals surface area contributed by atoms with Crippen molar-refractivity contribution in [3.63, 3.8) is 0 Å². The molecule has 1 aromatic rings. The lowest BCUT2D eigenvalue weighted by Crippen LogP contribution is -2.23. The van der Waals surface area contributed by atoms with Gasteiger partial charge in [0.2, 0.25) is 5.95 Å². The van der Waals surface area contributed by atoms with E-state index in [0.29, 0.717) is 11.4 Å². The molecule has 0 amide bonds. The second-order valence-corrected chi connectivity index (χ2v) is 5.65. The Morgan fingerprint density at radius 2 is 2.19 bits per heavy atom. The molecule has 16 heavy (non-hydrogen) atoms. The summed E-state index contributed by atoms with van der Waals surface area (Å²) in [7, 11) is 0. The molecule has 0 radical (unpaired) electrons. The van der Waals surface area contributed by atoms with Crippen LogP contribution in [0.5, 0.6) is 0 Å². The summed E-state index contributed by atoms with van der Waals surface area (Å²) in [5, 5.41) is 3.36. The van der Waals surface area contributed by atoms with E-state index in [1.807, 2.05) is 0 Å². The molecule has 0 aliphatic heterocycles. The van der Waals surface area contributed by atoms with E-state index in [1.54, 1.807) is 6.20 Å². The molecule has 0 unspecified atom stereocenters. The molecular weight excluding hydrogens is 268 g/mol. The summed E-state index contributed by atoms with van der Waals surface area (Å²) in [6, 6.07) is 0. The monoisotopic (exact) mass is 284 g/mol. The van der Waals surface area contributed by atoms with Crippen LogP contribution < -0.4 is 11.1 Å². The van der Waals surface area contributed by atoms with Gasteiger partial charge in [0.05, 0.1) is 4.47 Å². The number of hydrogen-bond acceptors (Lipinski definition) is 4. The molecule has 88 valence electrons. The third-order valence-corrected chi connectivity index (χ3v) is 3.84. The zero-order chi connectivity index (χ0) is 11.6. The highest BCUT2D eigenvalue weighted by Gasteiger charge is 2.28. The molecule has 2 rings (SSSR count). The first kappa shape index (κ1) is 11.6. The van der Waals surface area contributed by atoms with Gasteiger partial charge in [-0.05, 0) is 34.2 Å². The molecule has 3 N–H and O–H groups in total. The number of rotatable bonds is 3. The van der Waals surface area contributed by atoms with Gasteiger partial charge in [0.25, 0.3) is 0 Å².